The summed E-state index contributed by atoms with van der Waals surface area (Å²) >= 11 is 0. The fraction of sp³-hybridized carbons (Fsp3) is 0.462. The van der Waals surface area contributed by atoms with E-state index in [4.69, 9.17) is 0 Å². The van der Waals surface area contributed by atoms with E-state index in [-0.39, 0.29) is 18.3 Å². The number of hydrogen-bond acceptors (Lipinski definition) is 2. The molecule has 17 heavy (non-hydrogen) atoms. The molecule has 0 unspecified atom stereocenters. The minimum atomic E-state index is -0.590. The van der Waals surface area contributed by atoms with Crippen molar-refractivity contribution in [3.05, 3.63) is 35.6 Å². The van der Waals surface area contributed by atoms with E-state index in [2.05, 4.69) is 5.32 Å². The standard InChI is InChI=1S/C13H16FNO2/c14-11-4-1-3-10(7-11)8-15-12(17)13(9-16)5-2-6-13/h1,3-4,7,16H,2,5-6,8-9H2,(H,15,17). The second-order valence-corrected chi connectivity index (χ2v) is 4.60. The van der Waals surface area contributed by atoms with E-state index in [1.165, 1.54) is 12.1 Å². The fourth-order valence-electron chi connectivity index (χ4n) is 2.08. The van der Waals surface area contributed by atoms with Gasteiger partial charge in [0.15, 0.2) is 0 Å². The van der Waals surface area contributed by atoms with Gasteiger partial charge in [0.1, 0.15) is 5.82 Å². The van der Waals surface area contributed by atoms with Gasteiger partial charge < -0.3 is 10.4 Å². The van der Waals surface area contributed by atoms with Crippen molar-refractivity contribution >= 4 is 5.91 Å². The molecular weight excluding hydrogens is 221 g/mol. The molecule has 0 atom stereocenters. The molecule has 92 valence electrons. The molecule has 1 aliphatic rings. The lowest BCUT2D eigenvalue weighted by molar-refractivity contribution is -0.139. The van der Waals surface area contributed by atoms with E-state index < -0.39 is 5.41 Å². The van der Waals surface area contributed by atoms with Gasteiger partial charge in [-0.2, -0.15) is 0 Å². The van der Waals surface area contributed by atoms with Crippen LogP contribution in [0.15, 0.2) is 24.3 Å². The topological polar surface area (TPSA) is 49.3 Å². The van der Waals surface area contributed by atoms with Gasteiger partial charge >= 0.3 is 0 Å². The zero-order chi connectivity index (χ0) is 12.3. The summed E-state index contributed by atoms with van der Waals surface area (Å²) in [7, 11) is 0. The van der Waals surface area contributed by atoms with Crippen LogP contribution in [0, 0.1) is 11.2 Å². The second-order valence-electron chi connectivity index (χ2n) is 4.60. The first-order chi connectivity index (χ1) is 8.16. The molecular formula is C13H16FNO2. The molecule has 0 heterocycles. The Morgan fingerprint density at radius 2 is 2.24 bits per heavy atom. The van der Waals surface area contributed by atoms with Gasteiger partial charge in [0.2, 0.25) is 5.91 Å². The number of aliphatic hydroxyl groups is 1. The van der Waals surface area contributed by atoms with Crippen molar-refractivity contribution in [1.29, 1.82) is 0 Å². The van der Waals surface area contributed by atoms with Gasteiger partial charge in [-0.1, -0.05) is 18.6 Å². The summed E-state index contributed by atoms with van der Waals surface area (Å²) in [6.45, 7) is 0.195. The molecule has 0 saturated heterocycles. The number of amides is 1. The van der Waals surface area contributed by atoms with Crippen molar-refractivity contribution < 1.29 is 14.3 Å². The van der Waals surface area contributed by atoms with Crippen LogP contribution in [0.5, 0.6) is 0 Å². The minimum absolute atomic E-state index is 0.109. The number of aliphatic hydroxyl groups excluding tert-OH is 1. The van der Waals surface area contributed by atoms with Crippen LogP contribution in [0.3, 0.4) is 0 Å². The highest BCUT2D eigenvalue weighted by atomic mass is 19.1. The molecule has 1 fully saturated rings. The Balaban J connectivity index is 1.92. The van der Waals surface area contributed by atoms with E-state index in [0.29, 0.717) is 6.54 Å². The fourth-order valence-corrected chi connectivity index (χ4v) is 2.08. The summed E-state index contributed by atoms with van der Waals surface area (Å²) in [6.07, 6.45) is 2.45. The van der Waals surface area contributed by atoms with E-state index in [9.17, 15) is 14.3 Å². The molecule has 2 N–H and O–H groups in total. The highest BCUT2D eigenvalue weighted by Crippen LogP contribution is 2.40. The Morgan fingerprint density at radius 1 is 1.47 bits per heavy atom. The van der Waals surface area contributed by atoms with Crippen molar-refractivity contribution in [3.8, 4) is 0 Å². The Bertz CT molecular complexity index is 410. The van der Waals surface area contributed by atoms with Crippen LogP contribution in [0.25, 0.3) is 0 Å². The first-order valence-corrected chi connectivity index (χ1v) is 5.80. The molecule has 1 saturated carbocycles. The average molecular weight is 237 g/mol. The van der Waals surface area contributed by atoms with Gasteiger partial charge in [0.05, 0.1) is 12.0 Å². The van der Waals surface area contributed by atoms with Gasteiger partial charge in [0.25, 0.3) is 0 Å². The molecule has 1 aromatic rings. The van der Waals surface area contributed by atoms with Crippen molar-refractivity contribution in [2.24, 2.45) is 5.41 Å². The third-order valence-corrected chi connectivity index (χ3v) is 3.44. The predicted molar refractivity (Wildman–Crippen MR) is 61.6 cm³/mol. The van der Waals surface area contributed by atoms with Gasteiger partial charge in [-0.15, -0.1) is 0 Å². The quantitative estimate of drug-likeness (QED) is 0.835. The normalized spacial score (nSPS) is 17.3. The summed E-state index contributed by atoms with van der Waals surface area (Å²) in [5.74, 6) is -0.437. The van der Waals surface area contributed by atoms with Crippen molar-refractivity contribution in [2.75, 3.05) is 6.61 Å². The Hall–Kier alpha value is -1.42. The lowest BCUT2D eigenvalue weighted by Gasteiger charge is -2.38. The first kappa shape index (κ1) is 12.0. The number of rotatable bonds is 4. The van der Waals surface area contributed by atoms with E-state index in [1.807, 2.05) is 0 Å². The number of halogens is 1. The molecule has 1 aromatic carbocycles. The molecule has 0 aliphatic heterocycles. The van der Waals surface area contributed by atoms with Gasteiger partial charge in [0, 0.05) is 6.54 Å². The summed E-state index contributed by atoms with van der Waals surface area (Å²) in [6, 6.07) is 6.14. The lowest BCUT2D eigenvalue weighted by atomic mass is 9.68. The van der Waals surface area contributed by atoms with Crippen molar-refractivity contribution in [2.45, 2.75) is 25.8 Å². The maximum Gasteiger partial charge on any atom is 0.228 e. The summed E-state index contributed by atoms with van der Waals surface area (Å²) < 4.78 is 12.9. The highest BCUT2D eigenvalue weighted by molar-refractivity contribution is 5.83. The molecule has 1 amide bonds. The lowest BCUT2D eigenvalue weighted by Crippen LogP contribution is -2.47. The number of nitrogens with one attached hydrogen (secondary N) is 1. The minimum Gasteiger partial charge on any atom is -0.395 e. The van der Waals surface area contributed by atoms with Crippen LogP contribution in [0.4, 0.5) is 4.39 Å². The van der Waals surface area contributed by atoms with Crippen LogP contribution < -0.4 is 5.32 Å². The molecule has 0 spiro atoms. The van der Waals surface area contributed by atoms with Gasteiger partial charge in [-0.05, 0) is 30.5 Å². The summed E-state index contributed by atoms with van der Waals surface area (Å²) in [5.41, 5.74) is 0.138. The zero-order valence-corrected chi connectivity index (χ0v) is 9.58. The molecule has 3 nitrogen and oxygen atoms in total. The molecule has 0 radical (unpaired) electrons. The first-order valence-electron chi connectivity index (χ1n) is 5.80. The monoisotopic (exact) mass is 237 g/mol. The average Bonchev–Trinajstić information content (AvgIpc) is 2.26. The summed E-state index contributed by atoms with van der Waals surface area (Å²) in [5, 5.41) is 12.0. The highest BCUT2D eigenvalue weighted by Gasteiger charge is 2.43. The third kappa shape index (κ3) is 2.47. The van der Waals surface area contributed by atoms with E-state index in [1.54, 1.807) is 12.1 Å². The Labute approximate surface area is 99.7 Å². The number of benzene rings is 1. The largest absolute Gasteiger partial charge is 0.395 e. The summed E-state index contributed by atoms with van der Waals surface area (Å²) in [4.78, 5) is 11.9. The maximum atomic E-state index is 12.9. The number of carbonyl (C=O) groups is 1. The SMILES string of the molecule is O=C(NCc1cccc(F)c1)C1(CO)CCC1. The van der Waals surface area contributed by atoms with Gasteiger partial charge in [-0.3, -0.25) is 4.79 Å². The number of hydrogen-bond donors (Lipinski definition) is 2. The predicted octanol–water partition coefficient (Wildman–Crippen LogP) is 1.60. The van der Waals surface area contributed by atoms with Crippen LogP contribution in [-0.4, -0.2) is 17.6 Å². The van der Waals surface area contributed by atoms with Gasteiger partial charge in [-0.25, -0.2) is 4.39 Å². The molecule has 2 rings (SSSR count). The molecule has 0 aromatic heterocycles. The van der Waals surface area contributed by atoms with Crippen LogP contribution in [0.1, 0.15) is 24.8 Å². The Kier molecular flexibility index (Phi) is 3.43. The third-order valence-electron chi connectivity index (χ3n) is 3.44. The van der Waals surface area contributed by atoms with Crippen molar-refractivity contribution in [1.82, 2.24) is 5.32 Å². The maximum absolute atomic E-state index is 12.9. The van der Waals surface area contributed by atoms with E-state index in [0.717, 1.165) is 24.8 Å². The zero-order valence-electron chi connectivity index (χ0n) is 9.58. The number of carbonyl (C=O) groups excluding carboxylic acids is 1. The molecule has 4 heteroatoms. The van der Waals surface area contributed by atoms with Crippen LogP contribution in [-0.2, 0) is 11.3 Å². The Morgan fingerprint density at radius 3 is 2.76 bits per heavy atom. The molecule has 1 aliphatic carbocycles. The van der Waals surface area contributed by atoms with Crippen molar-refractivity contribution in [3.63, 3.8) is 0 Å². The van der Waals surface area contributed by atoms with E-state index >= 15 is 0 Å². The second kappa shape index (κ2) is 4.84. The molecule has 0 bridgehead atoms. The van der Waals surface area contributed by atoms with Crippen LogP contribution >= 0.6 is 0 Å². The smallest absolute Gasteiger partial charge is 0.228 e. The van der Waals surface area contributed by atoms with Crippen LogP contribution in [0.2, 0.25) is 0 Å².